The van der Waals surface area contributed by atoms with Crippen molar-refractivity contribution in [3.05, 3.63) is 99.6 Å². The molecule has 3 unspecified atom stereocenters. The summed E-state index contributed by atoms with van der Waals surface area (Å²) in [5.74, 6) is -4.26. The number of carbonyl (C=O) groups is 6. The number of amides is 5. The van der Waals surface area contributed by atoms with Crippen molar-refractivity contribution in [1.82, 2.24) is 16.0 Å². The third-order valence-electron chi connectivity index (χ3n) is 8.18. The number of nitrogens with zero attached hydrogens (tertiary/aromatic N) is 1. The van der Waals surface area contributed by atoms with Crippen molar-refractivity contribution in [3.8, 4) is 0 Å². The fourth-order valence-electron chi connectivity index (χ4n) is 5.59. The van der Waals surface area contributed by atoms with Crippen molar-refractivity contribution in [2.24, 2.45) is 11.3 Å². The van der Waals surface area contributed by atoms with Crippen LogP contribution in [0.1, 0.15) is 64.2 Å². The van der Waals surface area contributed by atoms with Crippen LogP contribution in [-0.2, 0) is 43.2 Å². The molecular formula is C39H48N6O10. The van der Waals surface area contributed by atoms with Crippen molar-refractivity contribution in [2.75, 3.05) is 10.6 Å². The molecule has 0 saturated heterocycles. The minimum Gasteiger partial charge on any atom is -0.480 e. The van der Waals surface area contributed by atoms with Crippen LogP contribution in [0.25, 0.3) is 0 Å². The molecule has 0 fully saturated rings. The molecule has 16 heteroatoms. The molecule has 3 atom stereocenters. The summed E-state index contributed by atoms with van der Waals surface area (Å²) in [5.41, 5.74) is 1.80. The van der Waals surface area contributed by atoms with Crippen molar-refractivity contribution < 1.29 is 43.9 Å². The van der Waals surface area contributed by atoms with E-state index in [0.29, 0.717) is 28.1 Å². The number of rotatable bonds is 18. The quantitative estimate of drug-likeness (QED) is 0.0697. The molecule has 5 amide bonds. The van der Waals surface area contributed by atoms with Crippen LogP contribution in [0.15, 0.2) is 72.8 Å². The standard InChI is InChI=1S/C39H48N6O10/c1-23(2)18-30(42-33(46)19-24-10-12-27(13-11-24)40-38(53)41-28-14-16-29(17-15-28)45(54)55)35(48)44-32(37(51)52)21-26-9-7-6-8-25(26)20-31(36(49)50)43-34(47)22-39(3,4)5/h6-17,23,30-32H,18-22H2,1-5H3,(H,42,46)(H,43,47)(H,44,48)(H,49,50)(H,51,52)(H2,40,41,53). The maximum Gasteiger partial charge on any atom is 0.326 e. The Balaban J connectivity index is 1.63. The van der Waals surface area contributed by atoms with Gasteiger partial charge in [-0.3, -0.25) is 24.5 Å². The maximum absolute atomic E-state index is 13.5. The summed E-state index contributed by atoms with van der Waals surface area (Å²) in [7, 11) is 0. The third-order valence-corrected chi connectivity index (χ3v) is 8.18. The first-order valence-electron chi connectivity index (χ1n) is 17.6. The van der Waals surface area contributed by atoms with Crippen LogP contribution in [0.3, 0.4) is 0 Å². The normalized spacial score (nSPS) is 12.8. The number of hydrogen-bond acceptors (Lipinski definition) is 8. The Morgan fingerprint density at radius 1 is 0.691 bits per heavy atom. The summed E-state index contributed by atoms with van der Waals surface area (Å²) in [6.07, 6.45) is -0.0985. The van der Waals surface area contributed by atoms with E-state index >= 15 is 0 Å². The third kappa shape index (κ3) is 14.9. The number of aliphatic carboxylic acids is 2. The number of anilines is 2. The number of carboxylic acid groups (broad SMARTS) is 2. The SMILES string of the molecule is CC(C)CC(NC(=O)Cc1ccc(NC(=O)Nc2ccc([N+](=O)[O-])cc2)cc1)C(=O)NC(Cc1ccccc1CC(NC(=O)CC(C)(C)C)C(=O)O)C(=O)O. The molecule has 3 rings (SSSR count). The second-order valence-corrected chi connectivity index (χ2v) is 14.8. The number of carboxylic acids is 2. The first-order valence-corrected chi connectivity index (χ1v) is 17.6. The minimum atomic E-state index is -1.42. The number of nitro benzene ring substituents is 1. The van der Waals surface area contributed by atoms with E-state index in [1.165, 1.54) is 24.3 Å². The van der Waals surface area contributed by atoms with E-state index in [-0.39, 0.29) is 49.1 Å². The number of nitro groups is 1. The van der Waals surface area contributed by atoms with Gasteiger partial charge in [0, 0.05) is 42.8 Å². The lowest BCUT2D eigenvalue weighted by atomic mass is 9.91. The van der Waals surface area contributed by atoms with Gasteiger partial charge in [-0.1, -0.05) is 71.0 Å². The molecule has 7 N–H and O–H groups in total. The highest BCUT2D eigenvalue weighted by atomic mass is 16.6. The van der Waals surface area contributed by atoms with Gasteiger partial charge >= 0.3 is 18.0 Å². The Morgan fingerprint density at radius 3 is 1.62 bits per heavy atom. The number of carbonyl (C=O) groups excluding carboxylic acids is 4. The van der Waals surface area contributed by atoms with Gasteiger partial charge in [0.2, 0.25) is 17.7 Å². The lowest BCUT2D eigenvalue weighted by molar-refractivity contribution is -0.384. The van der Waals surface area contributed by atoms with E-state index in [1.54, 1.807) is 48.5 Å². The first-order chi connectivity index (χ1) is 25.8. The van der Waals surface area contributed by atoms with Gasteiger partial charge in [0.25, 0.3) is 5.69 Å². The number of non-ortho nitro benzene ring substituents is 1. The van der Waals surface area contributed by atoms with Crippen molar-refractivity contribution in [2.45, 2.75) is 84.8 Å². The fourth-order valence-corrected chi connectivity index (χ4v) is 5.59. The van der Waals surface area contributed by atoms with Gasteiger partial charge in [0.1, 0.15) is 18.1 Å². The van der Waals surface area contributed by atoms with Gasteiger partial charge in [0.15, 0.2) is 0 Å². The highest BCUT2D eigenvalue weighted by Crippen LogP contribution is 2.20. The molecular weight excluding hydrogens is 712 g/mol. The molecule has 294 valence electrons. The molecule has 0 heterocycles. The highest BCUT2D eigenvalue weighted by molar-refractivity contribution is 5.99. The molecule has 3 aromatic carbocycles. The van der Waals surface area contributed by atoms with Crippen LogP contribution >= 0.6 is 0 Å². The van der Waals surface area contributed by atoms with Crippen LogP contribution in [0, 0.1) is 21.4 Å². The molecule has 16 nitrogen and oxygen atoms in total. The van der Waals surface area contributed by atoms with E-state index in [0.717, 1.165) is 0 Å². The molecule has 0 aliphatic heterocycles. The van der Waals surface area contributed by atoms with E-state index in [2.05, 4.69) is 26.6 Å². The number of nitrogens with one attached hydrogen (secondary N) is 5. The van der Waals surface area contributed by atoms with Crippen LogP contribution in [0.5, 0.6) is 0 Å². The van der Waals surface area contributed by atoms with Crippen molar-refractivity contribution >= 4 is 52.8 Å². The van der Waals surface area contributed by atoms with Gasteiger partial charge in [-0.2, -0.15) is 0 Å². The van der Waals surface area contributed by atoms with E-state index < -0.39 is 58.7 Å². The van der Waals surface area contributed by atoms with Gasteiger partial charge < -0.3 is 36.8 Å². The second kappa shape index (κ2) is 19.7. The molecule has 0 aromatic heterocycles. The molecule has 0 radical (unpaired) electrons. The van der Waals surface area contributed by atoms with Crippen LogP contribution in [0.4, 0.5) is 21.9 Å². The van der Waals surface area contributed by atoms with Crippen LogP contribution < -0.4 is 26.6 Å². The Kier molecular flexibility index (Phi) is 15.4. The van der Waals surface area contributed by atoms with Gasteiger partial charge in [-0.25, -0.2) is 14.4 Å². The summed E-state index contributed by atoms with van der Waals surface area (Å²) >= 11 is 0. The minimum absolute atomic E-state index is 0.0518. The Hall–Kier alpha value is -6.32. The largest absolute Gasteiger partial charge is 0.480 e. The predicted octanol–water partition coefficient (Wildman–Crippen LogP) is 4.67. The Labute approximate surface area is 318 Å². The molecule has 0 aliphatic rings. The number of benzene rings is 3. The Morgan fingerprint density at radius 2 is 1.16 bits per heavy atom. The first kappa shape index (κ1) is 43.1. The summed E-state index contributed by atoms with van der Waals surface area (Å²) < 4.78 is 0. The zero-order chi connectivity index (χ0) is 40.9. The molecule has 0 saturated carbocycles. The summed E-state index contributed by atoms with van der Waals surface area (Å²) in [6, 6.07) is 13.9. The predicted molar refractivity (Wildman–Crippen MR) is 204 cm³/mol. The van der Waals surface area contributed by atoms with Gasteiger partial charge in [-0.05, 0) is 58.7 Å². The molecule has 0 aliphatic carbocycles. The van der Waals surface area contributed by atoms with Crippen LogP contribution in [-0.4, -0.2) is 69.0 Å². The van der Waals surface area contributed by atoms with Gasteiger partial charge in [0.05, 0.1) is 11.3 Å². The van der Waals surface area contributed by atoms with Crippen molar-refractivity contribution in [3.63, 3.8) is 0 Å². The van der Waals surface area contributed by atoms with E-state index in [9.17, 15) is 49.1 Å². The molecule has 55 heavy (non-hydrogen) atoms. The van der Waals surface area contributed by atoms with E-state index in [4.69, 9.17) is 0 Å². The van der Waals surface area contributed by atoms with Gasteiger partial charge in [-0.15, -0.1) is 0 Å². The summed E-state index contributed by atoms with van der Waals surface area (Å²) in [6.45, 7) is 9.26. The summed E-state index contributed by atoms with van der Waals surface area (Å²) in [5, 5.41) is 43.7. The van der Waals surface area contributed by atoms with Crippen molar-refractivity contribution in [1.29, 1.82) is 0 Å². The van der Waals surface area contributed by atoms with Crippen LogP contribution in [0.2, 0.25) is 0 Å². The smallest absolute Gasteiger partial charge is 0.326 e. The topological polar surface area (TPSA) is 246 Å². The summed E-state index contributed by atoms with van der Waals surface area (Å²) in [4.78, 5) is 86.2. The number of urea groups is 1. The lowest BCUT2D eigenvalue weighted by Gasteiger charge is -2.24. The molecule has 0 spiro atoms. The monoisotopic (exact) mass is 760 g/mol. The Bertz CT molecular complexity index is 1860. The average Bonchev–Trinajstić information content (AvgIpc) is 3.08. The zero-order valence-corrected chi connectivity index (χ0v) is 31.4. The highest BCUT2D eigenvalue weighted by Gasteiger charge is 2.29. The average molecular weight is 761 g/mol. The number of hydrogen-bond donors (Lipinski definition) is 7. The zero-order valence-electron chi connectivity index (χ0n) is 31.4. The fraction of sp³-hybridized carbons (Fsp3) is 0.385. The molecule has 0 bridgehead atoms. The lowest BCUT2D eigenvalue weighted by Crippen LogP contribution is -2.53. The van der Waals surface area contributed by atoms with E-state index in [1.807, 2.05) is 34.6 Å². The molecule has 3 aromatic rings. The maximum atomic E-state index is 13.5. The second-order valence-electron chi connectivity index (χ2n) is 14.8.